The Bertz CT molecular complexity index is 960. The molecule has 2 heterocycles. The van der Waals surface area contributed by atoms with Crippen molar-refractivity contribution >= 4 is 43.8 Å². The van der Waals surface area contributed by atoms with Crippen LogP contribution in [-0.2, 0) is 37.0 Å². The number of halogens is 2. The zero-order valence-corrected chi connectivity index (χ0v) is 24.3. The summed E-state index contributed by atoms with van der Waals surface area (Å²) in [7, 11) is 1.62. The number of ether oxygens (including phenoxy) is 4. The highest BCUT2D eigenvalue weighted by atomic mass is 79.9. The Morgan fingerprint density at radius 1 is 0.919 bits per heavy atom. The molecule has 37 heavy (non-hydrogen) atoms. The molecular weight excluding hydrogens is 612 g/mol. The summed E-state index contributed by atoms with van der Waals surface area (Å²) >= 11 is 6.55. The van der Waals surface area contributed by atoms with Gasteiger partial charge < -0.3 is 29.2 Å². The maximum atomic E-state index is 11.8. The summed E-state index contributed by atoms with van der Waals surface area (Å²) in [5.74, 6) is -0.163. The van der Waals surface area contributed by atoms with Crippen LogP contribution in [0.2, 0.25) is 0 Å². The first-order chi connectivity index (χ1) is 17.7. The van der Waals surface area contributed by atoms with E-state index in [0.717, 1.165) is 22.2 Å². The van der Waals surface area contributed by atoms with E-state index in [2.05, 4.69) is 31.9 Å². The third kappa shape index (κ3) is 9.68. The lowest BCUT2D eigenvalue weighted by Gasteiger charge is -2.39. The van der Waals surface area contributed by atoms with Crippen molar-refractivity contribution in [2.45, 2.75) is 26.6 Å². The highest BCUT2D eigenvalue weighted by molar-refractivity contribution is 9.09. The SMILES string of the molecule is COc1ccc(COC(=O)CC2(CBr)COC2)cc1.Cc1ccc(CO)cc1.O=C(O)C1(CBr)COC1. The first-order valence-corrected chi connectivity index (χ1v) is 13.9. The Balaban J connectivity index is 0.000000222. The lowest BCUT2D eigenvalue weighted by molar-refractivity contribution is -0.174. The second-order valence-corrected chi connectivity index (χ2v) is 10.3. The van der Waals surface area contributed by atoms with Crippen LogP contribution < -0.4 is 4.74 Å². The molecule has 2 N–H and O–H groups in total. The zero-order valence-electron chi connectivity index (χ0n) is 21.1. The second-order valence-electron chi connectivity index (χ2n) is 9.17. The molecule has 8 nitrogen and oxygen atoms in total. The van der Waals surface area contributed by atoms with Crippen LogP contribution in [0, 0.1) is 17.8 Å². The van der Waals surface area contributed by atoms with Crippen molar-refractivity contribution in [3.05, 3.63) is 65.2 Å². The average molecular weight is 646 g/mol. The highest BCUT2D eigenvalue weighted by Gasteiger charge is 2.45. The molecule has 204 valence electrons. The molecular formula is C27H34Br2O8. The predicted octanol–water partition coefficient (Wildman–Crippen LogP) is 4.51. The number of aryl methyl sites for hydroxylation is 1. The quantitative estimate of drug-likeness (QED) is 0.303. The van der Waals surface area contributed by atoms with E-state index in [1.165, 1.54) is 5.56 Å². The van der Waals surface area contributed by atoms with Crippen LogP contribution in [0.1, 0.15) is 23.1 Å². The summed E-state index contributed by atoms with van der Waals surface area (Å²) in [6.07, 6.45) is 0.397. The molecule has 2 aromatic rings. The molecule has 2 fully saturated rings. The number of aliphatic hydroxyl groups excluding tert-OH is 1. The number of carboxylic acids is 1. The van der Waals surface area contributed by atoms with Crippen molar-refractivity contribution in [2.75, 3.05) is 44.2 Å². The molecule has 0 atom stereocenters. The number of aliphatic carboxylic acids is 1. The van der Waals surface area contributed by atoms with E-state index >= 15 is 0 Å². The largest absolute Gasteiger partial charge is 0.497 e. The van der Waals surface area contributed by atoms with Crippen molar-refractivity contribution < 1.29 is 38.7 Å². The second kappa shape index (κ2) is 15.4. The number of carbonyl (C=O) groups is 2. The molecule has 10 heteroatoms. The summed E-state index contributed by atoms with van der Waals surface area (Å²) in [4.78, 5) is 22.2. The first-order valence-electron chi connectivity index (χ1n) is 11.7. The van der Waals surface area contributed by atoms with Gasteiger partial charge in [0, 0.05) is 16.1 Å². The third-order valence-electron chi connectivity index (χ3n) is 5.95. The van der Waals surface area contributed by atoms with Crippen LogP contribution in [0.4, 0.5) is 0 Å². The van der Waals surface area contributed by atoms with E-state index in [0.29, 0.717) is 44.8 Å². The minimum atomic E-state index is -0.773. The van der Waals surface area contributed by atoms with Crippen LogP contribution in [0.5, 0.6) is 5.75 Å². The van der Waals surface area contributed by atoms with E-state index in [4.69, 9.17) is 29.2 Å². The monoisotopic (exact) mass is 644 g/mol. The molecule has 0 spiro atoms. The van der Waals surface area contributed by atoms with Gasteiger partial charge >= 0.3 is 11.9 Å². The minimum Gasteiger partial charge on any atom is -0.497 e. The fourth-order valence-electron chi connectivity index (χ4n) is 3.16. The molecule has 0 bridgehead atoms. The van der Waals surface area contributed by atoms with Crippen molar-refractivity contribution in [3.8, 4) is 5.75 Å². The predicted molar refractivity (Wildman–Crippen MR) is 146 cm³/mol. The van der Waals surface area contributed by atoms with Crippen molar-refractivity contribution in [1.82, 2.24) is 0 Å². The fraction of sp³-hybridized carbons (Fsp3) is 0.481. The Morgan fingerprint density at radius 2 is 1.49 bits per heavy atom. The maximum Gasteiger partial charge on any atom is 0.315 e. The van der Waals surface area contributed by atoms with Gasteiger partial charge in [-0.3, -0.25) is 9.59 Å². The van der Waals surface area contributed by atoms with Gasteiger partial charge in [0.25, 0.3) is 0 Å². The Hall–Kier alpha value is -1.98. The van der Waals surface area contributed by atoms with Gasteiger partial charge in [-0.1, -0.05) is 73.8 Å². The Morgan fingerprint density at radius 3 is 1.84 bits per heavy atom. The maximum absolute atomic E-state index is 11.8. The van der Waals surface area contributed by atoms with Crippen LogP contribution in [0.15, 0.2) is 48.5 Å². The van der Waals surface area contributed by atoms with Crippen LogP contribution in [-0.4, -0.2) is 66.3 Å². The molecule has 2 aromatic carbocycles. The van der Waals surface area contributed by atoms with Crippen molar-refractivity contribution in [2.24, 2.45) is 10.8 Å². The van der Waals surface area contributed by atoms with Crippen LogP contribution in [0.25, 0.3) is 0 Å². The molecule has 0 aliphatic carbocycles. The standard InChI is InChI=1S/C14H17BrO4.C8H10O.C5H7BrO3/c1-17-12-4-2-11(3-5-12)7-19-13(16)6-14(8-15)9-18-10-14;1-7-2-4-8(6-9)5-3-7;6-1-5(4(7)8)2-9-3-5/h2-5H,6-10H2,1H3;2-5,9H,6H2,1H3;1-3H2,(H,7,8). The fourth-order valence-corrected chi connectivity index (χ4v) is 4.25. The van der Waals surface area contributed by atoms with E-state index < -0.39 is 11.4 Å². The van der Waals surface area contributed by atoms with Gasteiger partial charge in [0.2, 0.25) is 0 Å². The summed E-state index contributed by atoms with van der Waals surface area (Å²) < 4.78 is 20.3. The van der Waals surface area contributed by atoms with Gasteiger partial charge in [-0.2, -0.15) is 0 Å². The van der Waals surface area contributed by atoms with Gasteiger partial charge in [0.1, 0.15) is 17.8 Å². The summed E-state index contributed by atoms with van der Waals surface area (Å²) in [5.41, 5.74) is 2.46. The normalized spacial score (nSPS) is 16.4. The lowest BCUT2D eigenvalue weighted by Crippen LogP contribution is -2.50. The summed E-state index contributed by atoms with van der Waals surface area (Å²) in [6, 6.07) is 15.3. The molecule has 0 amide bonds. The van der Waals surface area contributed by atoms with Gasteiger partial charge in [-0.25, -0.2) is 0 Å². The molecule has 2 saturated heterocycles. The lowest BCUT2D eigenvalue weighted by atomic mass is 9.85. The summed E-state index contributed by atoms with van der Waals surface area (Å²) in [6.45, 7) is 4.39. The molecule has 0 unspecified atom stereocenters. The molecule has 0 aromatic heterocycles. The smallest absolute Gasteiger partial charge is 0.315 e. The Kier molecular flexibility index (Phi) is 13.0. The van der Waals surface area contributed by atoms with E-state index in [-0.39, 0.29) is 18.0 Å². The van der Waals surface area contributed by atoms with E-state index in [1.54, 1.807) is 7.11 Å². The molecule has 0 saturated carbocycles. The molecule has 2 aliphatic rings. The number of esters is 1. The zero-order chi connectivity index (χ0) is 27.3. The first kappa shape index (κ1) is 31.2. The third-order valence-corrected chi connectivity index (χ3v) is 8.21. The number of carboxylic acid groups (broad SMARTS) is 1. The number of rotatable bonds is 9. The topological polar surface area (TPSA) is 112 Å². The minimum absolute atomic E-state index is 0.0724. The molecule has 0 radical (unpaired) electrons. The highest BCUT2D eigenvalue weighted by Crippen LogP contribution is 2.34. The Labute approximate surface area is 234 Å². The number of benzene rings is 2. The van der Waals surface area contributed by atoms with E-state index in [9.17, 15) is 9.59 Å². The van der Waals surface area contributed by atoms with Gasteiger partial charge in [0.15, 0.2) is 0 Å². The average Bonchev–Trinajstić information content (AvgIpc) is 2.86. The number of hydrogen-bond acceptors (Lipinski definition) is 7. The van der Waals surface area contributed by atoms with Crippen molar-refractivity contribution in [3.63, 3.8) is 0 Å². The summed E-state index contributed by atoms with van der Waals surface area (Å²) in [5, 5.41) is 18.4. The number of methoxy groups -OCH3 is 1. The van der Waals surface area contributed by atoms with Crippen LogP contribution >= 0.6 is 31.9 Å². The van der Waals surface area contributed by atoms with Gasteiger partial charge in [0.05, 0.1) is 46.6 Å². The number of hydrogen-bond donors (Lipinski definition) is 2. The van der Waals surface area contributed by atoms with Gasteiger partial charge in [-0.15, -0.1) is 0 Å². The number of carbonyl (C=O) groups excluding carboxylic acids is 1. The van der Waals surface area contributed by atoms with Crippen LogP contribution in [0.3, 0.4) is 0 Å². The molecule has 4 rings (SSSR count). The number of aliphatic hydroxyl groups is 1. The number of alkyl halides is 2. The van der Waals surface area contributed by atoms with Gasteiger partial charge in [-0.05, 0) is 30.2 Å². The molecule has 2 aliphatic heterocycles. The van der Waals surface area contributed by atoms with E-state index in [1.807, 2.05) is 55.5 Å². The van der Waals surface area contributed by atoms with Crippen molar-refractivity contribution in [1.29, 1.82) is 0 Å².